The number of carboxylic acid groups (broad SMARTS) is 1. The van der Waals surface area contributed by atoms with E-state index in [1.54, 1.807) is 0 Å². The van der Waals surface area contributed by atoms with Gasteiger partial charge in [-0.2, -0.15) is 0 Å². The lowest BCUT2D eigenvalue weighted by molar-refractivity contribution is -0.135. The average Bonchev–Trinajstić information content (AvgIpc) is 1.73. The topological polar surface area (TPSA) is 83.5 Å². The largest absolute Gasteiger partial charge is 0.480 e. The summed E-state index contributed by atoms with van der Waals surface area (Å²) in [7, 11) is 1.00. The normalized spacial score (nSPS) is 5.38. The molecule has 0 amide bonds. The van der Waals surface area contributed by atoms with Crippen molar-refractivity contribution in [2.45, 2.75) is 0 Å². The second kappa shape index (κ2) is 15.9. The van der Waals surface area contributed by atoms with E-state index in [1.165, 1.54) is 0 Å². The van der Waals surface area contributed by atoms with Crippen LogP contribution < -0.4 is 5.73 Å². The molecule has 0 aliphatic heterocycles. The van der Waals surface area contributed by atoms with Crippen molar-refractivity contribution in [3.05, 3.63) is 0 Å². The van der Waals surface area contributed by atoms with E-state index in [1.807, 2.05) is 0 Å². The third-order valence-corrected chi connectivity index (χ3v) is 0.175. The van der Waals surface area contributed by atoms with Gasteiger partial charge in [0.2, 0.25) is 0 Å². The van der Waals surface area contributed by atoms with Gasteiger partial charge in [0.05, 0.1) is 6.54 Å². The van der Waals surface area contributed by atoms with Crippen LogP contribution >= 0.6 is 12.4 Å². The van der Waals surface area contributed by atoms with Crippen molar-refractivity contribution in [2.24, 2.45) is 5.73 Å². The van der Waals surface area contributed by atoms with Gasteiger partial charge < -0.3 is 15.9 Å². The molecule has 0 aliphatic carbocycles. The minimum absolute atomic E-state index is 0. The maximum Gasteiger partial charge on any atom is 0.317 e. The molecule has 0 aliphatic rings. The van der Waals surface area contributed by atoms with Crippen LogP contribution in [0.5, 0.6) is 0 Å². The Kier molecular flexibility index (Phi) is 31.1. The zero-order valence-corrected chi connectivity index (χ0v) is 5.31. The average molecular weight is 144 g/mol. The summed E-state index contributed by atoms with van der Waals surface area (Å²) < 4.78 is 0. The van der Waals surface area contributed by atoms with Crippen LogP contribution in [0.25, 0.3) is 0 Å². The number of aliphatic carboxylic acids is 1. The van der Waals surface area contributed by atoms with Gasteiger partial charge in [-0.3, -0.25) is 4.79 Å². The number of hydrogen-bond acceptors (Lipinski definition) is 3. The van der Waals surface area contributed by atoms with E-state index in [-0.39, 0.29) is 19.0 Å². The molecular formula is C3H10ClNO3. The molecule has 5 heteroatoms. The van der Waals surface area contributed by atoms with Gasteiger partial charge in [-0.05, 0) is 0 Å². The summed E-state index contributed by atoms with van der Waals surface area (Å²) in [6.07, 6.45) is 0. The first-order valence-corrected chi connectivity index (χ1v) is 1.64. The molecule has 8 heavy (non-hydrogen) atoms. The number of carbonyl (C=O) groups is 1. The van der Waals surface area contributed by atoms with Crippen LogP contribution in [0, 0.1) is 0 Å². The Bertz CT molecular complexity index is 49.8. The van der Waals surface area contributed by atoms with Gasteiger partial charge in [0, 0.05) is 7.11 Å². The Morgan fingerprint density at radius 2 is 1.75 bits per heavy atom. The van der Waals surface area contributed by atoms with E-state index < -0.39 is 5.97 Å². The Hall–Kier alpha value is -0.320. The van der Waals surface area contributed by atoms with Gasteiger partial charge in [0.25, 0.3) is 0 Å². The molecule has 0 unspecified atom stereocenters. The van der Waals surface area contributed by atoms with E-state index in [0.29, 0.717) is 0 Å². The quantitative estimate of drug-likeness (QED) is 0.443. The second-order valence-corrected chi connectivity index (χ2v) is 0.598. The number of nitrogens with two attached hydrogens (primary N) is 1. The van der Waals surface area contributed by atoms with Crippen LogP contribution in [0.4, 0.5) is 0 Å². The van der Waals surface area contributed by atoms with E-state index in [2.05, 4.69) is 5.73 Å². The summed E-state index contributed by atoms with van der Waals surface area (Å²) in [5.74, 6) is -0.968. The maximum atomic E-state index is 9.24. The predicted octanol–water partition coefficient (Wildman–Crippen LogP) is -0.940. The molecule has 4 N–H and O–H groups in total. The number of aliphatic hydroxyl groups is 1. The number of aliphatic hydroxyl groups excluding tert-OH is 1. The third kappa shape index (κ3) is 44.1. The van der Waals surface area contributed by atoms with Crippen LogP contribution in [0.3, 0.4) is 0 Å². The highest BCUT2D eigenvalue weighted by atomic mass is 35.5. The Morgan fingerprint density at radius 3 is 1.75 bits per heavy atom. The second-order valence-electron chi connectivity index (χ2n) is 0.598. The first-order chi connectivity index (χ1) is 3.27. The minimum atomic E-state index is -0.968. The van der Waals surface area contributed by atoms with Crippen molar-refractivity contribution in [2.75, 3.05) is 13.7 Å². The summed E-state index contributed by atoms with van der Waals surface area (Å²) in [5.41, 5.74) is 4.57. The highest BCUT2D eigenvalue weighted by molar-refractivity contribution is 5.85. The van der Waals surface area contributed by atoms with Crippen molar-refractivity contribution in [3.63, 3.8) is 0 Å². The van der Waals surface area contributed by atoms with Crippen molar-refractivity contribution < 1.29 is 15.0 Å². The SMILES string of the molecule is CO.Cl.NCC(=O)O. The molecule has 0 saturated heterocycles. The molecule has 0 bridgehead atoms. The van der Waals surface area contributed by atoms with Crippen molar-refractivity contribution in [3.8, 4) is 0 Å². The first-order valence-electron chi connectivity index (χ1n) is 1.64. The maximum absolute atomic E-state index is 9.24. The molecule has 0 radical (unpaired) electrons. The molecular weight excluding hydrogens is 133 g/mol. The lowest BCUT2D eigenvalue weighted by Gasteiger charge is -1.73. The van der Waals surface area contributed by atoms with E-state index in [0.717, 1.165) is 7.11 Å². The summed E-state index contributed by atoms with van der Waals surface area (Å²) in [5, 5.41) is 14.6. The Morgan fingerprint density at radius 1 is 1.62 bits per heavy atom. The third-order valence-electron chi connectivity index (χ3n) is 0.175. The first kappa shape index (κ1) is 15.6. The van der Waals surface area contributed by atoms with Gasteiger partial charge >= 0.3 is 5.97 Å². The molecule has 0 heterocycles. The summed E-state index contributed by atoms with van der Waals surface area (Å²) in [4.78, 5) is 9.24. The van der Waals surface area contributed by atoms with Gasteiger partial charge in [-0.25, -0.2) is 0 Å². The van der Waals surface area contributed by atoms with Crippen LogP contribution in [-0.4, -0.2) is 29.8 Å². The molecule has 0 aromatic rings. The number of rotatable bonds is 1. The molecule has 0 saturated carbocycles. The summed E-state index contributed by atoms with van der Waals surface area (Å²) in [6.45, 7) is -0.278. The minimum Gasteiger partial charge on any atom is -0.480 e. The molecule has 0 rings (SSSR count). The molecule has 0 fully saturated rings. The Labute approximate surface area is 53.7 Å². The zero-order valence-electron chi connectivity index (χ0n) is 4.50. The number of halogens is 1. The van der Waals surface area contributed by atoms with Gasteiger partial charge in [-0.1, -0.05) is 0 Å². The van der Waals surface area contributed by atoms with Gasteiger partial charge in [0.1, 0.15) is 0 Å². The van der Waals surface area contributed by atoms with Gasteiger partial charge in [0.15, 0.2) is 0 Å². The van der Waals surface area contributed by atoms with Crippen molar-refractivity contribution in [1.82, 2.24) is 0 Å². The van der Waals surface area contributed by atoms with Crippen molar-refractivity contribution in [1.29, 1.82) is 0 Å². The number of hydrogen-bond donors (Lipinski definition) is 3. The van der Waals surface area contributed by atoms with E-state index in [4.69, 9.17) is 10.2 Å². The highest BCUT2D eigenvalue weighted by Crippen LogP contribution is 1.43. The molecule has 0 spiro atoms. The van der Waals surface area contributed by atoms with Crippen LogP contribution in [0.2, 0.25) is 0 Å². The fraction of sp³-hybridized carbons (Fsp3) is 0.667. The highest BCUT2D eigenvalue weighted by Gasteiger charge is 1.81. The summed E-state index contributed by atoms with van der Waals surface area (Å²) >= 11 is 0. The Balaban J connectivity index is -0.0000000750. The van der Waals surface area contributed by atoms with Crippen LogP contribution in [-0.2, 0) is 4.79 Å². The monoisotopic (exact) mass is 143 g/mol. The zero-order chi connectivity index (χ0) is 6.28. The van der Waals surface area contributed by atoms with Crippen LogP contribution in [0.15, 0.2) is 0 Å². The van der Waals surface area contributed by atoms with Gasteiger partial charge in [-0.15, -0.1) is 12.4 Å². The predicted molar refractivity (Wildman–Crippen MR) is 32.1 cm³/mol. The van der Waals surface area contributed by atoms with E-state index >= 15 is 0 Å². The molecule has 52 valence electrons. The standard InChI is InChI=1S/C2H5NO2.CH4O.ClH/c3-1-2(4)5;1-2;/h1,3H2,(H,4,5);2H,1H3;1H. The lowest BCUT2D eigenvalue weighted by Crippen LogP contribution is -2.10. The summed E-state index contributed by atoms with van der Waals surface area (Å²) in [6, 6.07) is 0. The molecule has 0 atom stereocenters. The molecule has 4 nitrogen and oxygen atoms in total. The molecule has 0 aromatic carbocycles. The fourth-order valence-electron chi connectivity index (χ4n) is 0. The lowest BCUT2D eigenvalue weighted by atomic mass is 10.7. The smallest absolute Gasteiger partial charge is 0.317 e. The van der Waals surface area contributed by atoms with Crippen LogP contribution in [0.1, 0.15) is 0 Å². The van der Waals surface area contributed by atoms with Crippen molar-refractivity contribution >= 4 is 18.4 Å². The van der Waals surface area contributed by atoms with E-state index in [9.17, 15) is 4.79 Å². The molecule has 0 aromatic heterocycles. The fourth-order valence-corrected chi connectivity index (χ4v) is 0. The number of carboxylic acids is 1.